The molecule has 0 amide bonds. The largest absolute Gasteiger partial charge is 0.381 e. The number of hydrogen-bond donors (Lipinski definition) is 2. The normalized spacial score (nSPS) is 20.1. The van der Waals surface area contributed by atoms with E-state index in [-0.39, 0.29) is 24.0 Å². The minimum Gasteiger partial charge on any atom is -0.381 e. The molecular weight excluding hydrogens is 497 g/mol. The van der Waals surface area contributed by atoms with Crippen LogP contribution in [0.4, 0.5) is 5.95 Å². The summed E-state index contributed by atoms with van der Waals surface area (Å²) in [7, 11) is 1.81. The van der Waals surface area contributed by atoms with Crippen molar-refractivity contribution in [3.63, 3.8) is 0 Å². The Morgan fingerprint density at radius 2 is 1.97 bits per heavy atom. The third kappa shape index (κ3) is 8.86. The Kier molecular flexibility index (Phi) is 12.3. The van der Waals surface area contributed by atoms with E-state index in [1.165, 1.54) is 0 Å². The monoisotopic (exact) mass is 533 g/mol. The van der Waals surface area contributed by atoms with Crippen LogP contribution in [0, 0.1) is 5.92 Å². The van der Waals surface area contributed by atoms with Gasteiger partial charge in [0.05, 0.1) is 13.2 Å². The van der Waals surface area contributed by atoms with Crippen molar-refractivity contribution >= 4 is 35.9 Å². The van der Waals surface area contributed by atoms with Crippen LogP contribution in [0.25, 0.3) is 0 Å². The molecule has 3 heterocycles. The summed E-state index contributed by atoms with van der Waals surface area (Å²) in [6.07, 6.45) is 5.70. The van der Waals surface area contributed by atoms with Gasteiger partial charge < -0.3 is 25.0 Å². The molecule has 0 radical (unpaired) electrons. The summed E-state index contributed by atoms with van der Waals surface area (Å²) in [5, 5.41) is 6.75. The highest BCUT2D eigenvalue weighted by atomic mass is 127. The van der Waals surface area contributed by atoms with Crippen LogP contribution >= 0.6 is 24.0 Å². The van der Waals surface area contributed by atoms with Gasteiger partial charge in [-0.2, -0.15) is 0 Å². The first-order chi connectivity index (χ1) is 14.3. The van der Waals surface area contributed by atoms with Gasteiger partial charge in [0.15, 0.2) is 5.96 Å². The van der Waals surface area contributed by atoms with E-state index in [0.717, 1.165) is 97.0 Å². The fraction of sp³-hybridized carbons (Fsp3) is 0.750. The van der Waals surface area contributed by atoms with Gasteiger partial charge in [0.25, 0.3) is 0 Å². The topological polar surface area (TPSA) is 87.1 Å². The number of halogens is 1. The van der Waals surface area contributed by atoms with Crippen molar-refractivity contribution in [2.24, 2.45) is 10.9 Å². The minimum absolute atomic E-state index is 0. The molecule has 3 rings (SSSR count). The lowest BCUT2D eigenvalue weighted by molar-refractivity contribution is 0.0888. The molecule has 2 fully saturated rings. The number of nitrogens with one attached hydrogen (secondary N) is 2. The molecule has 170 valence electrons. The summed E-state index contributed by atoms with van der Waals surface area (Å²) >= 11 is 0. The number of piperazine rings is 1. The van der Waals surface area contributed by atoms with Crippen molar-refractivity contribution in [1.82, 2.24) is 25.5 Å². The van der Waals surface area contributed by atoms with Crippen LogP contribution in [0.3, 0.4) is 0 Å². The molecule has 10 heteroatoms. The second-order valence-corrected chi connectivity index (χ2v) is 7.46. The molecule has 0 bridgehead atoms. The zero-order valence-corrected chi connectivity index (χ0v) is 20.3. The molecule has 1 aromatic heterocycles. The Morgan fingerprint density at radius 1 is 1.20 bits per heavy atom. The maximum absolute atomic E-state index is 5.73. The molecule has 30 heavy (non-hydrogen) atoms. The summed E-state index contributed by atoms with van der Waals surface area (Å²) in [4.78, 5) is 17.7. The first kappa shape index (κ1) is 25.0. The standard InChI is InChI=1S/C20H35N7O2.HI/c1-21-19(22-7-3-14-28-16-18-4-15-29-17-18)23-8-9-26-10-12-27(13-11-26)20-24-5-2-6-25-20;/h2,5-6,18H,3-4,7-17H2,1H3,(H2,21,22,23);1H. The zero-order chi connectivity index (χ0) is 20.2. The predicted molar refractivity (Wildman–Crippen MR) is 130 cm³/mol. The minimum atomic E-state index is 0. The molecule has 1 aromatic rings. The van der Waals surface area contributed by atoms with Gasteiger partial charge in [0.2, 0.25) is 5.95 Å². The molecule has 1 atom stereocenters. The average molecular weight is 533 g/mol. The highest BCUT2D eigenvalue weighted by Crippen LogP contribution is 2.12. The van der Waals surface area contributed by atoms with Crippen LogP contribution in [-0.4, -0.2) is 100 Å². The third-order valence-corrected chi connectivity index (χ3v) is 5.29. The van der Waals surface area contributed by atoms with E-state index in [9.17, 15) is 0 Å². The molecule has 0 aliphatic carbocycles. The average Bonchev–Trinajstić information content (AvgIpc) is 3.29. The summed E-state index contributed by atoms with van der Waals surface area (Å²) < 4.78 is 11.1. The molecule has 2 aliphatic rings. The summed E-state index contributed by atoms with van der Waals surface area (Å²) in [6.45, 7) is 10.0. The van der Waals surface area contributed by atoms with Crippen molar-refractivity contribution in [3.8, 4) is 0 Å². The van der Waals surface area contributed by atoms with Crippen LogP contribution in [0.15, 0.2) is 23.5 Å². The first-order valence-electron chi connectivity index (χ1n) is 10.7. The Bertz CT molecular complexity index is 594. The van der Waals surface area contributed by atoms with Crippen LogP contribution in [-0.2, 0) is 9.47 Å². The van der Waals surface area contributed by atoms with Crippen LogP contribution in [0.1, 0.15) is 12.8 Å². The number of nitrogens with zero attached hydrogens (tertiary/aromatic N) is 5. The maximum Gasteiger partial charge on any atom is 0.225 e. The van der Waals surface area contributed by atoms with Gasteiger partial charge in [-0.05, 0) is 18.9 Å². The van der Waals surface area contributed by atoms with E-state index < -0.39 is 0 Å². The lowest BCUT2D eigenvalue weighted by atomic mass is 10.1. The van der Waals surface area contributed by atoms with E-state index in [0.29, 0.717) is 5.92 Å². The SMILES string of the molecule is CN=C(NCCCOCC1CCOC1)NCCN1CCN(c2ncccn2)CC1.I. The number of aromatic nitrogens is 2. The van der Waals surface area contributed by atoms with Gasteiger partial charge >= 0.3 is 0 Å². The fourth-order valence-corrected chi connectivity index (χ4v) is 3.52. The van der Waals surface area contributed by atoms with Crippen molar-refractivity contribution < 1.29 is 9.47 Å². The molecule has 2 N–H and O–H groups in total. The van der Waals surface area contributed by atoms with Gasteiger partial charge in [-0.3, -0.25) is 9.89 Å². The maximum atomic E-state index is 5.73. The van der Waals surface area contributed by atoms with Crippen LogP contribution in [0.5, 0.6) is 0 Å². The first-order valence-corrected chi connectivity index (χ1v) is 10.7. The van der Waals surface area contributed by atoms with E-state index in [1.54, 1.807) is 12.4 Å². The van der Waals surface area contributed by atoms with Gasteiger partial charge in [-0.25, -0.2) is 9.97 Å². The Hall–Kier alpha value is -1.24. The molecular formula is C20H36IN7O2. The second-order valence-electron chi connectivity index (χ2n) is 7.46. The third-order valence-electron chi connectivity index (χ3n) is 5.29. The molecule has 1 unspecified atom stereocenters. The van der Waals surface area contributed by atoms with E-state index in [1.807, 2.05) is 13.1 Å². The van der Waals surface area contributed by atoms with Crippen molar-refractivity contribution in [2.45, 2.75) is 12.8 Å². The molecule has 0 saturated carbocycles. The summed E-state index contributed by atoms with van der Waals surface area (Å²) in [5.41, 5.74) is 0. The smallest absolute Gasteiger partial charge is 0.225 e. The van der Waals surface area contributed by atoms with E-state index >= 15 is 0 Å². The van der Waals surface area contributed by atoms with E-state index in [2.05, 4.69) is 35.4 Å². The number of anilines is 1. The van der Waals surface area contributed by atoms with Crippen LogP contribution < -0.4 is 15.5 Å². The quantitative estimate of drug-likeness (QED) is 0.198. The van der Waals surface area contributed by atoms with Gasteiger partial charge in [0.1, 0.15) is 0 Å². The van der Waals surface area contributed by atoms with Gasteiger partial charge in [-0.15, -0.1) is 24.0 Å². The highest BCUT2D eigenvalue weighted by Gasteiger charge is 2.18. The molecule has 0 spiro atoms. The lowest BCUT2D eigenvalue weighted by Crippen LogP contribution is -2.49. The fourth-order valence-electron chi connectivity index (χ4n) is 3.52. The van der Waals surface area contributed by atoms with Crippen molar-refractivity contribution in [1.29, 1.82) is 0 Å². The number of hydrogen-bond acceptors (Lipinski definition) is 7. The van der Waals surface area contributed by atoms with Gasteiger partial charge in [0, 0.05) is 84.4 Å². The van der Waals surface area contributed by atoms with Crippen molar-refractivity contribution in [2.75, 3.05) is 84.2 Å². The Labute approximate surface area is 197 Å². The summed E-state index contributed by atoms with van der Waals surface area (Å²) in [5.74, 6) is 2.26. The number of aliphatic imine (C=N–C) groups is 1. The molecule has 2 aliphatic heterocycles. The molecule has 0 aromatic carbocycles. The second kappa shape index (κ2) is 14.7. The number of ether oxygens (including phenoxy) is 2. The Balaban J connectivity index is 0.00000320. The lowest BCUT2D eigenvalue weighted by Gasteiger charge is -2.34. The van der Waals surface area contributed by atoms with Gasteiger partial charge in [-0.1, -0.05) is 0 Å². The van der Waals surface area contributed by atoms with Crippen molar-refractivity contribution in [3.05, 3.63) is 18.5 Å². The number of guanidine groups is 1. The Morgan fingerprint density at radius 3 is 2.67 bits per heavy atom. The summed E-state index contributed by atoms with van der Waals surface area (Å²) in [6, 6.07) is 1.85. The van der Waals surface area contributed by atoms with Crippen LogP contribution in [0.2, 0.25) is 0 Å². The highest BCUT2D eigenvalue weighted by molar-refractivity contribution is 14.0. The molecule has 2 saturated heterocycles. The number of rotatable bonds is 10. The zero-order valence-electron chi connectivity index (χ0n) is 18.0. The predicted octanol–water partition coefficient (Wildman–Crippen LogP) is 0.825. The molecule has 9 nitrogen and oxygen atoms in total. The van der Waals surface area contributed by atoms with E-state index in [4.69, 9.17) is 9.47 Å².